The number of aliphatic hydroxyl groups is 1. The van der Waals surface area contributed by atoms with Crippen molar-refractivity contribution in [3.05, 3.63) is 12.8 Å². The topological polar surface area (TPSA) is 38.7 Å². The van der Waals surface area contributed by atoms with Gasteiger partial charge in [-0.1, -0.05) is 13.5 Å². The van der Waals surface area contributed by atoms with E-state index < -0.39 is 12.1 Å². The Hall–Kier alpha value is -0.540. The van der Waals surface area contributed by atoms with Gasteiger partial charge < -0.3 is 14.6 Å². The highest BCUT2D eigenvalue weighted by atomic mass is 16.7. The van der Waals surface area contributed by atoms with Crippen molar-refractivity contribution in [2.24, 2.45) is 0 Å². The third-order valence-electron chi connectivity index (χ3n) is 1.00. The predicted octanol–water partition coefficient (Wildman–Crippen LogP) is 1.63. The van der Waals surface area contributed by atoms with Gasteiger partial charge in [-0.05, 0) is 13.8 Å². The van der Waals surface area contributed by atoms with E-state index in [2.05, 4.69) is 6.58 Å². The number of hydrogen-bond donors (Lipinski definition) is 1. The van der Waals surface area contributed by atoms with Gasteiger partial charge in [-0.2, -0.15) is 0 Å². The highest BCUT2D eigenvalue weighted by Crippen LogP contribution is 2.11. The van der Waals surface area contributed by atoms with Gasteiger partial charge in [0.05, 0.1) is 6.26 Å². The van der Waals surface area contributed by atoms with Crippen molar-refractivity contribution < 1.29 is 14.6 Å². The van der Waals surface area contributed by atoms with Gasteiger partial charge in [-0.15, -0.1) is 0 Å². The first-order valence-electron chi connectivity index (χ1n) is 3.66. The van der Waals surface area contributed by atoms with E-state index in [0.717, 1.165) is 0 Å². The molecule has 66 valence electrons. The SMILES string of the molecule is C=COC(CC)OC(C)(C)O. The van der Waals surface area contributed by atoms with E-state index in [1.165, 1.54) is 6.26 Å². The molecule has 0 aromatic heterocycles. The second-order valence-corrected chi connectivity index (χ2v) is 2.71. The lowest BCUT2D eigenvalue weighted by molar-refractivity contribution is -0.261. The van der Waals surface area contributed by atoms with Gasteiger partial charge in [0.25, 0.3) is 0 Å². The molecule has 0 rings (SSSR count). The molecule has 1 unspecified atom stereocenters. The molecule has 0 radical (unpaired) electrons. The monoisotopic (exact) mass is 160 g/mol. The predicted molar refractivity (Wildman–Crippen MR) is 42.7 cm³/mol. The Morgan fingerprint density at radius 3 is 2.45 bits per heavy atom. The van der Waals surface area contributed by atoms with Crippen LogP contribution in [-0.4, -0.2) is 17.2 Å². The summed E-state index contributed by atoms with van der Waals surface area (Å²) in [7, 11) is 0. The summed E-state index contributed by atoms with van der Waals surface area (Å²) in [5.41, 5.74) is 0. The third kappa shape index (κ3) is 5.88. The molecular weight excluding hydrogens is 144 g/mol. The fourth-order valence-corrected chi connectivity index (χ4v) is 0.636. The largest absolute Gasteiger partial charge is 0.473 e. The lowest BCUT2D eigenvalue weighted by atomic mass is 10.4. The summed E-state index contributed by atoms with van der Waals surface area (Å²) in [6.45, 7) is 8.41. The average molecular weight is 160 g/mol. The third-order valence-corrected chi connectivity index (χ3v) is 1.00. The first-order chi connectivity index (χ1) is 4.99. The van der Waals surface area contributed by atoms with Crippen molar-refractivity contribution in [1.82, 2.24) is 0 Å². The maximum absolute atomic E-state index is 9.21. The summed E-state index contributed by atoms with van der Waals surface area (Å²) in [5, 5.41) is 9.21. The van der Waals surface area contributed by atoms with Crippen LogP contribution in [0.3, 0.4) is 0 Å². The first kappa shape index (κ1) is 10.5. The molecule has 0 aliphatic carbocycles. The van der Waals surface area contributed by atoms with Crippen molar-refractivity contribution in [2.75, 3.05) is 0 Å². The fraction of sp³-hybridized carbons (Fsp3) is 0.750. The molecule has 3 heteroatoms. The van der Waals surface area contributed by atoms with E-state index in [1.807, 2.05) is 6.92 Å². The minimum absolute atomic E-state index is 0.410. The van der Waals surface area contributed by atoms with Crippen LogP contribution in [-0.2, 0) is 9.47 Å². The minimum atomic E-state index is -1.15. The highest BCUT2D eigenvalue weighted by molar-refractivity contribution is 4.56. The number of hydrogen-bond acceptors (Lipinski definition) is 3. The smallest absolute Gasteiger partial charge is 0.201 e. The summed E-state index contributed by atoms with van der Waals surface area (Å²) >= 11 is 0. The summed E-state index contributed by atoms with van der Waals surface area (Å²) in [6, 6.07) is 0. The molecule has 0 aliphatic rings. The van der Waals surface area contributed by atoms with E-state index in [0.29, 0.717) is 6.42 Å². The van der Waals surface area contributed by atoms with Gasteiger partial charge >= 0.3 is 0 Å². The van der Waals surface area contributed by atoms with Crippen LogP contribution in [0.5, 0.6) is 0 Å². The molecule has 0 saturated heterocycles. The molecule has 11 heavy (non-hydrogen) atoms. The number of rotatable bonds is 5. The quantitative estimate of drug-likeness (QED) is 0.490. The summed E-state index contributed by atoms with van der Waals surface area (Å²) in [4.78, 5) is 0. The van der Waals surface area contributed by atoms with Crippen LogP contribution < -0.4 is 0 Å². The first-order valence-corrected chi connectivity index (χ1v) is 3.66. The van der Waals surface area contributed by atoms with Gasteiger partial charge in [-0.25, -0.2) is 0 Å². The van der Waals surface area contributed by atoms with Crippen molar-refractivity contribution in [3.63, 3.8) is 0 Å². The van der Waals surface area contributed by atoms with Crippen LogP contribution in [0.2, 0.25) is 0 Å². The van der Waals surface area contributed by atoms with Gasteiger partial charge in [0, 0.05) is 6.42 Å². The molecule has 0 aromatic rings. The summed E-state index contributed by atoms with van der Waals surface area (Å²) < 4.78 is 10.0. The van der Waals surface area contributed by atoms with E-state index in [1.54, 1.807) is 13.8 Å². The van der Waals surface area contributed by atoms with E-state index in [9.17, 15) is 5.11 Å². The second kappa shape index (κ2) is 4.36. The van der Waals surface area contributed by atoms with E-state index >= 15 is 0 Å². The van der Waals surface area contributed by atoms with Crippen LogP contribution in [0.15, 0.2) is 12.8 Å². The number of ether oxygens (including phenoxy) is 2. The molecule has 0 heterocycles. The van der Waals surface area contributed by atoms with Crippen molar-refractivity contribution in [2.45, 2.75) is 39.3 Å². The highest BCUT2D eigenvalue weighted by Gasteiger charge is 2.18. The van der Waals surface area contributed by atoms with Crippen LogP contribution in [0, 0.1) is 0 Å². The molecular formula is C8H16O3. The van der Waals surface area contributed by atoms with E-state index in [-0.39, 0.29) is 0 Å². The average Bonchev–Trinajstić information content (AvgIpc) is 1.84. The Labute approximate surface area is 67.6 Å². The van der Waals surface area contributed by atoms with Gasteiger partial charge in [0.15, 0.2) is 5.79 Å². The molecule has 3 nitrogen and oxygen atoms in total. The van der Waals surface area contributed by atoms with Crippen LogP contribution in [0.1, 0.15) is 27.2 Å². The summed E-state index contributed by atoms with van der Waals surface area (Å²) in [6.07, 6.45) is 1.57. The lowest BCUT2D eigenvalue weighted by Gasteiger charge is -2.24. The maximum atomic E-state index is 9.21. The Balaban J connectivity index is 3.77. The van der Waals surface area contributed by atoms with Crippen molar-refractivity contribution >= 4 is 0 Å². The van der Waals surface area contributed by atoms with Gasteiger partial charge in [0.1, 0.15) is 0 Å². The van der Waals surface area contributed by atoms with Crippen molar-refractivity contribution in [1.29, 1.82) is 0 Å². The fourth-order valence-electron chi connectivity index (χ4n) is 0.636. The van der Waals surface area contributed by atoms with Crippen LogP contribution in [0.4, 0.5) is 0 Å². The zero-order valence-corrected chi connectivity index (χ0v) is 7.33. The summed E-state index contributed by atoms with van der Waals surface area (Å²) in [5.74, 6) is -1.15. The Bertz CT molecular complexity index is 115. The van der Waals surface area contributed by atoms with Crippen molar-refractivity contribution in [3.8, 4) is 0 Å². The van der Waals surface area contributed by atoms with E-state index in [4.69, 9.17) is 9.47 Å². The lowest BCUT2D eigenvalue weighted by Crippen LogP contribution is -2.30. The molecule has 1 atom stereocenters. The standard InChI is InChI=1S/C8H16O3/c1-5-7(10-6-2)11-8(3,4)9/h6-7,9H,2,5H2,1,3-4H3. The Kier molecular flexibility index (Phi) is 4.15. The normalized spacial score (nSPS) is 14.2. The Morgan fingerprint density at radius 2 is 2.18 bits per heavy atom. The van der Waals surface area contributed by atoms with Crippen LogP contribution in [0.25, 0.3) is 0 Å². The molecule has 0 aromatic carbocycles. The molecule has 1 N–H and O–H groups in total. The zero-order chi connectivity index (χ0) is 8.91. The molecule has 0 saturated carbocycles. The van der Waals surface area contributed by atoms with Gasteiger partial charge in [0.2, 0.25) is 6.29 Å². The molecule has 0 fully saturated rings. The molecule has 0 bridgehead atoms. The van der Waals surface area contributed by atoms with Crippen LogP contribution >= 0.6 is 0 Å². The minimum Gasteiger partial charge on any atom is -0.473 e. The molecule has 0 spiro atoms. The Morgan fingerprint density at radius 1 is 1.64 bits per heavy atom. The van der Waals surface area contributed by atoms with Gasteiger partial charge in [-0.3, -0.25) is 0 Å². The zero-order valence-electron chi connectivity index (χ0n) is 7.33. The molecule has 0 amide bonds. The second-order valence-electron chi connectivity index (χ2n) is 2.71. The molecule has 0 aliphatic heterocycles. The maximum Gasteiger partial charge on any atom is 0.201 e.